The van der Waals surface area contributed by atoms with Gasteiger partial charge >= 0.3 is 11.9 Å². The van der Waals surface area contributed by atoms with Gasteiger partial charge in [0, 0.05) is 30.5 Å². The summed E-state index contributed by atoms with van der Waals surface area (Å²) < 4.78 is 12.1. The Labute approximate surface area is 315 Å². The summed E-state index contributed by atoms with van der Waals surface area (Å²) in [5, 5.41) is 22.6. The van der Waals surface area contributed by atoms with Crippen molar-refractivity contribution < 1.29 is 29.3 Å². The average Bonchev–Trinajstić information content (AvgIpc) is 2.95. The standard InChI is InChI=1S/C45H71NO6/c1-39(2,3)31-18-17-19-32(25-31)45(50,42(10,11)12)29-38(49)51-23-22-46-43(13,14)27-33(28-44(46,15)16)52-37(48)26-34(40(4,5)6)30-20-21-36(47)35(24-30)41(7,8)9/h17-21,24-25,33-34,47,50H,22-23,26-29H2,1-16H3. The molecule has 2 aromatic rings. The summed E-state index contributed by atoms with van der Waals surface area (Å²) in [5.74, 6) is -0.472. The zero-order valence-electron chi connectivity index (χ0n) is 35.4. The van der Waals surface area contributed by atoms with Gasteiger partial charge in [0.2, 0.25) is 0 Å². The second kappa shape index (κ2) is 15.1. The lowest BCUT2D eigenvalue weighted by molar-refractivity contribution is -0.166. The van der Waals surface area contributed by atoms with Gasteiger partial charge in [0.15, 0.2) is 0 Å². The molecule has 7 heteroatoms. The average molecular weight is 722 g/mol. The van der Waals surface area contributed by atoms with Gasteiger partial charge in [-0.05, 0) is 83.6 Å². The summed E-state index contributed by atoms with van der Waals surface area (Å²) in [5.41, 5.74) is 0.482. The Hall–Kier alpha value is -2.90. The van der Waals surface area contributed by atoms with Crippen LogP contribution in [0.1, 0.15) is 165 Å². The van der Waals surface area contributed by atoms with Crippen LogP contribution in [0.3, 0.4) is 0 Å². The Kier molecular flexibility index (Phi) is 12.6. The first-order valence-electron chi connectivity index (χ1n) is 19.2. The molecule has 2 atom stereocenters. The molecule has 2 N–H and O–H groups in total. The number of carbonyl (C=O) groups excluding carboxylic acids is 2. The maximum atomic E-state index is 13.6. The summed E-state index contributed by atoms with van der Waals surface area (Å²) in [6.07, 6.45) is 1.14. The number of carbonyl (C=O) groups is 2. The number of hydrogen-bond donors (Lipinski definition) is 2. The predicted molar refractivity (Wildman–Crippen MR) is 212 cm³/mol. The van der Waals surface area contributed by atoms with Crippen LogP contribution in [0.25, 0.3) is 0 Å². The molecule has 1 heterocycles. The number of aliphatic hydroxyl groups is 1. The van der Waals surface area contributed by atoms with Crippen LogP contribution in [-0.2, 0) is 35.5 Å². The third-order valence-electron chi connectivity index (χ3n) is 11.3. The zero-order valence-corrected chi connectivity index (χ0v) is 35.4. The van der Waals surface area contributed by atoms with Crippen molar-refractivity contribution in [1.82, 2.24) is 4.90 Å². The highest BCUT2D eigenvalue weighted by Gasteiger charge is 2.47. The molecule has 1 saturated heterocycles. The Bertz CT molecular complexity index is 1540. The van der Waals surface area contributed by atoms with Crippen LogP contribution in [0.15, 0.2) is 42.5 Å². The fraction of sp³-hybridized carbons (Fsp3) is 0.689. The number of likely N-dealkylation sites (tertiary alicyclic amines) is 1. The predicted octanol–water partition coefficient (Wildman–Crippen LogP) is 9.94. The van der Waals surface area contributed by atoms with Crippen molar-refractivity contribution in [3.8, 4) is 5.75 Å². The van der Waals surface area contributed by atoms with E-state index < -0.39 is 17.0 Å². The molecule has 0 bridgehead atoms. The van der Waals surface area contributed by atoms with Crippen molar-refractivity contribution in [2.24, 2.45) is 10.8 Å². The fourth-order valence-electron chi connectivity index (χ4n) is 8.16. The third-order valence-corrected chi connectivity index (χ3v) is 11.3. The van der Waals surface area contributed by atoms with E-state index >= 15 is 0 Å². The SMILES string of the molecule is CC(C)(C)c1cccc(C(O)(CC(=O)OCCN2C(C)(C)CC(OC(=O)CC(c3ccc(O)c(C(C)(C)C)c3)C(C)(C)C)CC2(C)C)C(C)(C)C)c1. The number of nitrogens with zero attached hydrogens (tertiary/aromatic N) is 1. The maximum Gasteiger partial charge on any atom is 0.309 e. The lowest BCUT2D eigenvalue weighted by atomic mass is 9.69. The van der Waals surface area contributed by atoms with Crippen molar-refractivity contribution in [3.05, 3.63) is 64.7 Å². The maximum absolute atomic E-state index is 13.6. The van der Waals surface area contributed by atoms with Crippen LogP contribution in [0, 0.1) is 10.8 Å². The highest BCUT2D eigenvalue weighted by molar-refractivity contribution is 5.72. The van der Waals surface area contributed by atoms with E-state index in [9.17, 15) is 19.8 Å². The molecule has 0 spiro atoms. The van der Waals surface area contributed by atoms with Crippen LogP contribution in [0.4, 0.5) is 0 Å². The normalized spacial score (nSPS) is 19.1. The zero-order chi connectivity index (χ0) is 39.9. The second-order valence-corrected chi connectivity index (χ2v) is 20.8. The van der Waals surface area contributed by atoms with Crippen LogP contribution in [0.5, 0.6) is 5.75 Å². The number of piperidine rings is 1. The molecule has 7 nitrogen and oxygen atoms in total. The number of phenolic OH excluding ortho intramolecular Hbond substituents is 1. The van der Waals surface area contributed by atoms with Crippen molar-refractivity contribution in [3.63, 3.8) is 0 Å². The van der Waals surface area contributed by atoms with Gasteiger partial charge in [-0.1, -0.05) is 119 Å². The van der Waals surface area contributed by atoms with E-state index in [1.165, 1.54) is 0 Å². The molecule has 1 aliphatic rings. The van der Waals surface area contributed by atoms with Gasteiger partial charge in [-0.25, -0.2) is 0 Å². The molecule has 0 aliphatic carbocycles. The van der Waals surface area contributed by atoms with E-state index in [4.69, 9.17) is 9.47 Å². The van der Waals surface area contributed by atoms with Crippen molar-refractivity contribution in [2.75, 3.05) is 13.2 Å². The summed E-state index contributed by atoms with van der Waals surface area (Å²) in [7, 11) is 0. The molecular weight excluding hydrogens is 650 g/mol. The van der Waals surface area contributed by atoms with Crippen molar-refractivity contribution in [2.45, 2.75) is 176 Å². The van der Waals surface area contributed by atoms with Gasteiger partial charge in [0.25, 0.3) is 0 Å². The number of hydrogen-bond acceptors (Lipinski definition) is 7. The quantitative estimate of drug-likeness (QED) is 0.236. The Morgan fingerprint density at radius 3 is 1.87 bits per heavy atom. The number of rotatable bonds is 10. The minimum absolute atomic E-state index is 0.0872. The number of benzene rings is 2. The molecule has 1 aliphatic heterocycles. The van der Waals surface area contributed by atoms with Crippen molar-refractivity contribution >= 4 is 11.9 Å². The van der Waals surface area contributed by atoms with Crippen LogP contribution < -0.4 is 0 Å². The Morgan fingerprint density at radius 2 is 1.37 bits per heavy atom. The highest BCUT2D eigenvalue weighted by atomic mass is 16.5. The van der Waals surface area contributed by atoms with Gasteiger partial charge in [-0.3, -0.25) is 14.5 Å². The molecule has 2 unspecified atom stereocenters. The summed E-state index contributed by atoms with van der Waals surface area (Å²) in [4.78, 5) is 29.4. The first-order chi connectivity index (χ1) is 23.4. The minimum Gasteiger partial charge on any atom is -0.508 e. The van der Waals surface area contributed by atoms with E-state index in [0.717, 1.165) is 22.3 Å². The fourth-order valence-corrected chi connectivity index (χ4v) is 8.16. The highest BCUT2D eigenvalue weighted by Crippen LogP contribution is 2.45. The molecule has 0 aromatic heterocycles. The lowest BCUT2D eigenvalue weighted by Gasteiger charge is -2.54. The Balaban J connectivity index is 1.68. The van der Waals surface area contributed by atoms with Gasteiger partial charge in [-0.2, -0.15) is 0 Å². The summed E-state index contributed by atoms with van der Waals surface area (Å²) in [6.45, 7) is 34.2. The van der Waals surface area contributed by atoms with Crippen LogP contribution >= 0.6 is 0 Å². The molecule has 0 radical (unpaired) electrons. The van der Waals surface area contributed by atoms with Gasteiger partial charge in [0.05, 0.1) is 12.8 Å². The lowest BCUT2D eigenvalue weighted by Crippen LogP contribution is -2.63. The minimum atomic E-state index is -1.41. The van der Waals surface area contributed by atoms with Gasteiger partial charge in [-0.15, -0.1) is 0 Å². The van der Waals surface area contributed by atoms with E-state index in [-0.39, 0.29) is 70.5 Å². The first-order valence-corrected chi connectivity index (χ1v) is 19.2. The summed E-state index contributed by atoms with van der Waals surface area (Å²) >= 11 is 0. The van der Waals surface area contributed by atoms with Crippen molar-refractivity contribution in [1.29, 1.82) is 0 Å². The second-order valence-electron chi connectivity index (χ2n) is 20.8. The van der Waals surface area contributed by atoms with E-state index in [0.29, 0.717) is 19.4 Å². The molecular formula is C45H71NO6. The first kappa shape index (κ1) is 43.5. The van der Waals surface area contributed by atoms with Crippen LogP contribution in [0.2, 0.25) is 0 Å². The van der Waals surface area contributed by atoms with E-state index in [1.54, 1.807) is 6.07 Å². The number of esters is 2. The molecule has 1 fully saturated rings. The molecule has 52 heavy (non-hydrogen) atoms. The molecule has 0 amide bonds. The summed E-state index contributed by atoms with van der Waals surface area (Å²) in [6, 6.07) is 13.6. The molecule has 3 rings (SSSR count). The smallest absolute Gasteiger partial charge is 0.309 e. The molecule has 0 saturated carbocycles. The topological polar surface area (TPSA) is 96.3 Å². The monoisotopic (exact) mass is 722 g/mol. The Morgan fingerprint density at radius 1 is 0.808 bits per heavy atom. The molecule has 292 valence electrons. The molecule has 2 aromatic carbocycles. The van der Waals surface area contributed by atoms with Crippen LogP contribution in [-0.4, -0.2) is 57.4 Å². The van der Waals surface area contributed by atoms with Gasteiger partial charge < -0.3 is 19.7 Å². The van der Waals surface area contributed by atoms with Gasteiger partial charge in [0.1, 0.15) is 24.1 Å². The number of ether oxygens (including phenoxy) is 2. The van der Waals surface area contributed by atoms with E-state index in [2.05, 4.69) is 101 Å². The number of aromatic hydroxyl groups is 1. The largest absolute Gasteiger partial charge is 0.508 e. The third kappa shape index (κ3) is 10.4. The van der Waals surface area contributed by atoms with E-state index in [1.807, 2.05) is 51.1 Å². The number of phenols is 1.